The lowest BCUT2D eigenvalue weighted by Crippen LogP contribution is -1.81. The molecule has 1 aromatic carbocycles. The van der Waals surface area contributed by atoms with Crippen molar-refractivity contribution in [1.29, 1.82) is 0 Å². The smallest absolute Gasteiger partial charge is 0.119 e. The Morgan fingerprint density at radius 2 is 2.08 bits per heavy atom. The Morgan fingerprint density at radius 3 is 2.67 bits per heavy atom. The molecule has 1 aromatic rings. The van der Waals surface area contributed by atoms with Crippen molar-refractivity contribution in [2.24, 2.45) is 0 Å². The zero-order chi connectivity index (χ0) is 8.97. The molecule has 0 aromatic heterocycles. The Labute approximate surface area is 81.6 Å². The normalized spacial score (nSPS) is 10.2. The van der Waals surface area contributed by atoms with Gasteiger partial charge in [-0.3, -0.25) is 0 Å². The largest absolute Gasteiger partial charge is 0.508 e. The molecular formula is C9H12OS2. The molecule has 1 N–H and O–H groups in total. The average Bonchev–Trinajstić information content (AvgIpc) is 2.09. The maximum atomic E-state index is 9.44. The zero-order valence-corrected chi connectivity index (χ0v) is 8.84. The summed E-state index contributed by atoms with van der Waals surface area (Å²) in [5.74, 6) is 1.28. The molecule has 0 aliphatic carbocycles. The molecule has 0 saturated heterocycles. The highest BCUT2D eigenvalue weighted by molar-refractivity contribution is 7.98. The molecule has 1 rings (SSSR count). The van der Waals surface area contributed by atoms with Crippen molar-refractivity contribution < 1.29 is 5.11 Å². The summed E-state index contributed by atoms with van der Waals surface area (Å²) < 4.78 is 0. The van der Waals surface area contributed by atoms with E-state index in [1.807, 2.05) is 24.6 Å². The summed E-state index contributed by atoms with van der Waals surface area (Å²) in [7, 11) is 0. The molecule has 0 atom stereocenters. The van der Waals surface area contributed by atoms with Crippen molar-refractivity contribution >= 4 is 23.5 Å². The van der Waals surface area contributed by atoms with Gasteiger partial charge in [-0.1, -0.05) is 0 Å². The maximum Gasteiger partial charge on any atom is 0.119 e. The lowest BCUT2D eigenvalue weighted by atomic mass is 10.2. The monoisotopic (exact) mass is 200 g/mol. The minimum absolute atomic E-state index is 0.405. The SMILES string of the molecule is CSCc1cc(SC)ccc1O. The van der Waals surface area contributed by atoms with Gasteiger partial charge >= 0.3 is 0 Å². The first-order valence-corrected chi connectivity index (χ1v) is 6.24. The van der Waals surface area contributed by atoms with Gasteiger partial charge in [0.15, 0.2) is 0 Å². The fourth-order valence-electron chi connectivity index (χ4n) is 0.960. The van der Waals surface area contributed by atoms with Crippen molar-refractivity contribution in [3.05, 3.63) is 23.8 Å². The summed E-state index contributed by atoms with van der Waals surface area (Å²) in [4.78, 5) is 1.21. The van der Waals surface area contributed by atoms with Crippen molar-refractivity contribution in [3.63, 3.8) is 0 Å². The first-order chi connectivity index (χ1) is 5.77. The topological polar surface area (TPSA) is 20.2 Å². The number of aromatic hydroxyl groups is 1. The van der Waals surface area contributed by atoms with Crippen LogP contribution in [0, 0.1) is 0 Å². The van der Waals surface area contributed by atoms with Gasteiger partial charge < -0.3 is 5.11 Å². The van der Waals surface area contributed by atoms with Crippen LogP contribution in [0.25, 0.3) is 0 Å². The molecule has 0 fully saturated rings. The summed E-state index contributed by atoms with van der Waals surface area (Å²) in [5, 5.41) is 9.44. The van der Waals surface area contributed by atoms with E-state index in [2.05, 4.69) is 0 Å². The second-order valence-corrected chi connectivity index (χ2v) is 4.17. The van der Waals surface area contributed by atoms with E-state index >= 15 is 0 Å². The number of thioether (sulfide) groups is 2. The van der Waals surface area contributed by atoms with E-state index in [1.165, 1.54) is 4.90 Å². The third kappa shape index (κ3) is 2.35. The van der Waals surface area contributed by atoms with Crippen LogP contribution in [0.2, 0.25) is 0 Å². The van der Waals surface area contributed by atoms with Gasteiger partial charge in [-0.15, -0.1) is 11.8 Å². The Balaban J connectivity index is 2.91. The molecule has 3 heteroatoms. The summed E-state index contributed by atoms with van der Waals surface area (Å²) >= 11 is 3.42. The minimum Gasteiger partial charge on any atom is -0.508 e. The van der Waals surface area contributed by atoms with E-state index in [0.717, 1.165) is 11.3 Å². The predicted octanol–water partition coefficient (Wildman–Crippen LogP) is 2.98. The van der Waals surface area contributed by atoms with E-state index in [9.17, 15) is 5.11 Å². The van der Waals surface area contributed by atoms with E-state index in [-0.39, 0.29) is 0 Å². The minimum atomic E-state index is 0.405. The molecule has 66 valence electrons. The van der Waals surface area contributed by atoms with Gasteiger partial charge in [0.05, 0.1) is 0 Å². The number of hydrogen-bond acceptors (Lipinski definition) is 3. The van der Waals surface area contributed by atoms with E-state index < -0.39 is 0 Å². The quantitative estimate of drug-likeness (QED) is 0.757. The first-order valence-electron chi connectivity index (χ1n) is 3.62. The number of hydrogen-bond donors (Lipinski definition) is 1. The maximum absolute atomic E-state index is 9.44. The fraction of sp³-hybridized carbons (Fsp3) is 0.333. The van der Waals surface area contributed by atoms with Crippen LogP contribution in [0.4, 0.5) is 0 Å². The molecule has 0 spiro atoms. The summed E-state index contributed by atoms with van der Waals surface area (Å²) in [6, 6.07) is 5.73. The third-order valence-electron chi connectivity index (χ3n) is 1.59. The molecule has 0 saturated carbocycles. The Kier molecular flexibility index (Phi) is 3.82. The highest BCUT2D eigenvalue weighted by atomic mass is 32.2. The third-order valence-corrected chi connectivity index (χ3v) is 2.91. The van der Waals surface area contributed by atoms with E-state index in [0.29, 0.717) is 5.75 Å². The van der Waals surface area contributed by atoms with Gasteiger partial charge in [0.25, 0.3) is 0 Å². The van der Waals surface area contributed by atoms with Crippen LogP contribution in [-0.2, 0) is 5.75 Å². The lowest BCUT2D eigenvalue weighted by molar-refractivity contribution is 0.470. The second kappa shape index (κ2) is 4.67. The van der Waals surface area contributed by atoms with Gasteiger partial charge in [0, 0.05) is 16.2 Å². The highest BCUT2D eigenvalue weighted by Crippen LogP contribution is 2.26. The predicted molar refractivity (Wildman–Crippen MR) is 57.1 cm³/mol. The molecule has 0 radical (unpaired) electrons. The fourth-order valence-corrected chi connectivity index (χ4v) is 1.97. The van der Waals surface area contributed by atoms with Gasteiger partial charge in [-0.2, -0.15) is 11.8 Å². The van der Waals surface area contributed by atoms with Crippen LogP contribution in [0.5, 0.6) is 5.75 Å². The van der Waals surface area contributed by atoms with Crippen molar-refractivity contribution in [1.82, 2.24) is 0 Å². The van der Waals surface area contributed by atoms with E-state index in [4.69, 9.17) is 0 Å². The number of benzene rings is 1. The molecular weight excluding hydrogens is 188 g/mol. The molecule has 0 aliphatic heterocycles. The molecule has 0 amide bonds. The first kappa shape index (κ1) is 9.81. The second-order valence-electron chi connectivity index (χ2n) is 2.43. The molecule has 0 bridgehead atoms. The van der Waals surface area contributed by atoms with Crippen LogP contribution in [-0.4, -0.2) is 17.6 Å². The van der Waals surface area contributed by atoms with Crippen LogP contribution in [0.15, 0.2) is 23.1 Å². The molecule has 0 aliphatic rings. The zero-order valence-electron chi connectivity index (χ0n) is 7.20. The molecule has 12 heavy (non-hydrogen) atoms. The Morgan fingerprint density at radius 1 is 1.33 bits per heavy atom. The summed E-state index contributed by atoms with van der Waals surface area (Å²) in [5.41, 5.74) is 1.02. The van der Waals surface area contributed by atoms with Gasteiger partial charge in [0.2, 0.25) is 0 Å². The van der Waals surface area contributed by atoms with Crippen LogP contribution in [0.3, 0.4) is 0 Å². The summed E-state index contributed by atoms with van der Waals surface area (Å²) in [6.45, 7) is 0. The Hall–Kier alpha value is -0.280. The van der Waals surface area contributed by atoms with Crippen molar-refractivity contribution in [3.8, 4) is 5.75 Å². The van der Waals surface area contributed by atoms with Crippen LogP contribution >= 0.6 is 23.5 Å². The van der Waals surface area contributed by atoms with Gasteiger partial charge in [-0.05, 0) is 30.7 Å². The highest BCUT2D eigenvalue weighted by Gasteiger charge is 2.00. The summed E-state index contributed by atoms with van der Waals surface area (Å²) in [6.07, 6.45) is 4.07. The van der Waals surface area contributed by atoms with Crippen molar-refractivity contribution in [2.75, 3.05) is 12.5 Å². The molecule has 0 unspecified atom stereocenters. The van der Waals surface area contributed by atoms with Gasteiger partial charge in [0.1, 0.15) is 5.75 Å². The van der Waals surface area contributed by atoms with Gasteiger partial charge in [-0.25, -0.2) is 0 Å². The van der Waals surface area contributed by atoms with Crippen LogP contribution < -0.4 is 0 Å². The van der Waals surface area contributed by atoms with Crippen molar-refractivity contribution in [2.45, 2.75) is 10.6 Å². The number of phenols is 1. The molecule has 1 nitrogen and oxygen atoms in total. The standard InChI is InChI=1S/C9H12OS2/c1-11-6-7-5-8(12-2)3-4-9(7)10/h3-5,10H,6H2,1-2H3. The van der Waals surface area contributed by atoms with Crippen LogP contribution in [0.1, 0.15) is 5.56 Å². The Bertz CT molecular complexity index is 261. The number of rotatable bonds is 3. The number of phenolic OH excluding ortho intramolecular Hbond substituents is 1. The average molecular weight is 200 g/mol. The lowest BCUT2D eigenvalue weighted by Gasteiger charge is -2.04. The molecule has 0 heterocycles. The van der Waals surface area contributed by atoms with E-state index in [1.54, 1.807) is 29.6 Å².